The molecule has 1 aliphatic rings. The first kappa shape index (κ1) is 22.9. The van der Waals surface area contributed by atoms with Crippen LogP contribution in [0.15, 0.2) is 0 Å². The topological polar surface area (TPSA) is 15.7 Å². The fourth-order valence-corrected chi connectivity index (χ4v) is 2.35. The summed E-state index contributed by atoms with van der Waals surface area (Å²) >= 11 is 0. The molecule has 1 heterocycles. The van der Waals surface area contributed by atoms with Gasteiger partial charge in [-0.3, -0.25) is 4.90 Å². The van der Waals surface area contributed by atoms with E-state index in [0.717, 1.165) is 26.3 Å². The van der Waals surface area contributed by atoms with Crippen LogP contribution in [-0.2, 0) is 4.74 Å². The molecular formula is C20H44N2O. The van der Waals surface area contributed by atoms with Gasteiger partial charge in [0, 0.05) is 13.1 Å². The molecule has 0 atom stereocenters. The van der Waals surface area contributed by atoms with E-state index >= 15 is 0 Å². The SMILES string of the molecule is CC(C)(C)CCN1CCOCC1.CCN(CC)CCC(C)(C)C. The minimum atomic E-state index is 0.471. The Hall–Kier alpha value is -0.120. The summed E-state index contributed by atoms with van der Waals surface area (Å²) in [6.07, 6.45) is 2.58. The van der Waals surface area contributed by atoms with Gasteiger partial charge in [-0.1, -0.05) is 55.4 Å². The zero-order valence-corrected chi connectivity index (χ0v) is 17.4. The number of hydrogen-bond acceptors (Lipinski definition) is 3. The molecule has 3 heteroatoms. The lowest BCUT2D eigenvalue weighted by molar-refractivity contribution is 0.0333. The monoisotopic (exact) mass is 328 g/mol. The van der Waals surface area contributed by atoms with Crippen molar-refractivity contribution in [3.05, 3.63) is 0 Å². The Kier molecular flexibility index (Phi) is 11.4. The Morgan fingerprint density at radius 1 is 0.826 bits per heavy atom. The molecule has 0 aromatic carbocycles. The van der Waals surface area contributed by atoms with Gasteiger partial charge in [-0.15, -0.1) is 0 Å². The van der Waals surface area contributed by atoms with E-state index in [1.54, 1.807) is 0 Å². The summed E-state index contributed by atoms with van der Waals surface area (Å²) < 4.78 is 5.29. The molecule has 1 saturated heterocycles. The van der Waals surface area contributed by atoms with Crippen LogP contribution < -0.4 is 0 Å². The lowest BCUT2D eigenvalue weighted by atomic mass is 9.92. The van der Waals surface area contributed by atoms with E-state index in [0.29, 0.717) is 10.8 Å². The molecular weight excluding hydrogens is 284 g/mol. The first-order chi connectivity index (χ1) is 10.6. The number of hydrogen-bond donors (Lipinski definition) is 0. The van der Waals surface area contributed by atoms with Crippen molar-refractivity contribution in [2.45, 2.75) is 68.2 Å². The van der Waals surface area contributed by atoms with Gasteiger partial charge in [0.05, 0.1) is 13.2 Å². The third-order valence-electron chi connectivity index (χ3n) is 4.35. The van der Waals surface area contributed by atoms with E-state index in [4.69, 9.17) is 4.74 Å². The summed E-state index contributed by atoms with van der Waals surface area (Å²) in [5.41, 5.74) is 0.959. The van der Waals surface area contributed by atoms with Crippen molar-refractivity contribution in [1.82, 2.24) is 9.80 Å². The molecule has 0 aromatic heterocycles. The highest BCUT2D eigenvalue weighted by atomic mass is 16.5. The van der Waals surface area contributed by atoms with Crippen LogP contribution in [-0.4, -0.2) is 62.3 Å². The Bertz CT molecular complexity index is 268. The van der Waals surface area contributed by atoms with Crippen molar-refractivity contribution in [2.75, 3.05) is 52.5 Å². The van der Waals surface area contributed by atoms with Crippen molar-refractivity contribution in [3.63, 3.8) is 0 Å². The molecule has 23 heavy (non-hydrogen) atoms. The highest BCUT2D eigenvalue weighted by molar-refractivity contribution is 4.68. The molecule has 0 aliphatic carbocycles. The van der Waals surface area contributed by atoms with E-state index in [1.165, 1.54) is 39.0 Å². The maximum Gasteiger partial charge on any atom is 0.0594 e. The molecule has 1 aliphatic heterocycles. The van der Waals surface area contributed by atoms with Crippen LogP contribution in [0.4, 0.5) is 0 Å². The molecule has 0 N–H and O–H groups in total. The smallest absolute Gasteiger partial charge is 0.0594 e. The first-order valence-corrected chi connectivity index (χ1v) is 9.60. The minimum Gasteiger partial charge on any atom is -0.379 e. The maximum atomic E-state index is 5.29. The summed E-state index contributed by atoms with van der Waals surface area (Å²) in [7, 11) is 0. The van der Waals surface area contributed by atoms with Crippen molar-refractivity contribution in [2.24, 2.45) is 10.8 Å². The van der Waals surface area contributed by atoms with Crippen LogP contribution in [0.1, 0.15) is 68.2 Å². The largest absolute Gasteiger partial charge is 0.379 e. The van der Waals surface area contributed by atoms with Crippen molar-refractivity contribution in [1.29, 1.82) is 0 Å². The fourth-order valence-electron chi connectivity index (χ4n) is 2.35. The molecule has 140 valence electrons. The predicted molar refractivity (Wildman–Crippen MR) is 103 cm³/mol. The summed E-state index contributed by atoms with van der Waals surface area (Å²) in [6.45, 7) is 27.2. The summed E-state index contributed by atoms with van der Waals surface area (Å²) in [5, 5.41) is 0. The van der Waals surface area contributed by atoms with E-state index in [1.807, 2.05) is 0 Å². The van der Waals surface area contributed by atoms with Gasteiger partial charge < -0.3 is 9.64 Å². The fraction of sp³-hybridized carbons (Fsp3) is 1.00. The lowest BCUT2D eigenvalue weighted by Crippen LogP contribution is -2.37. The predicted octanol–water partition coefficient (Wildman–Crippen LogP) is 4.52. The molecule has 0 radical (unpaired) electrons. The van der Waals surface area contributed by atoms with Gasteiger partial charge in [0.1, 0.15) is 0 Å². The van der Waals surface area contributed by atoms with Crippen molar-refractivity contribution < 1.29 is 4.74 Å². The van der Waals surface area contributed by atoms with Crippen LogP contribution in [0.5, 0.6) is 0 Å². The van der Waals surface area contributed by atoms with Gasteiger partial charge in [-0.25, -0.2) is 0 Å². The molecule has 3 nitrogen and oxygen atoms in total. The van der Waals surface area contributed by atoms with Gasteiger partial charge in [0.2, 0.25) is 0 Å². The van der Waals surface area contributed by atoms with E-state index < -0.39 is 0 Å². The zero-order valence-electron chi connectivity index (χ0n) is 17.4. The summed E-state index contributed by atoms with van der Waals surface area (Å²) in [6, 6.07) is 0. The van der Waals surface area contributed by atoms with Crippen LogP contribution in [0.2, 0.25) is 0 Å². The molecule has 1 rings (SSSR count). The molecule has 0 unspecified atom stereocenters. The minimum absolute atomic E-state index is 0.471. The average molecular weight is 329 g/mol. The van der Waals surface area contributed by atoms with Gasteiger partial charge in [-0.2, -0.15) is 0 Å². The number of ether oxygens (including phenoxy) is 1. The Labute approximate surface area is 146 Å². The van der Waals surface area contributed by atoms with Gasteiger partial charge in [0.25, 0.3) is 0 Å². The van der Waals surface area contributed by atoms with E-state index in [9.17, 15) is 0 Å². The number of nitrogens with zero attached hydrogens (tertiary/aromatic N) is 2. The quantitative estimate of drug-likeness (QED) is 0.713. The number of morpholine rings is 1. The number of rotatable bonds is 6. The maximum absolute atomic E-state index is 5.29. The Balaban J connectivity index is 0.000000423. The molecule has 0 saturated carbocycles. The van der Waals surface area contributed by atoms with Crippen LogP contribution in [0, 0.1) is 10.8 Å². The van der Waals surface area contributed by atoms with Crippen LogP contribution in [0.3, 0.4) is 0 Å². The molecule has 1 fully saturated rings. The molecule has 0 spiro atoms. The van der Waals surface area contributed by atoms with Gasteiger partial charge >= 0.3 is 0 Å². The normalized spacial score (nSPS) is 17.1. The highest BCUT2D eigenvalue weighted by Gasteiger charge is 2.15. The van der Waals surface area contributed by atoms with E-state index in [2.05, 4.69) is 65.2 Å². The zero-order chi connectivity index (χ0) is 17.9. The average Bonchev–Trinajstić information content (AvgIpc) is 2.46. The van der Waals surface area contributed by atoms with Crippen molar-refractivity contribution in [3.8, 4) is 0 Å². The second-order valence-electron chi connectivity index (χ2n) is 9.10. The lowest BCUT2D eigenvalue weighted by Gasteiger charge is -2.29. The van der Waals surface area contributed by atoms with Crippen LogP contribution in [0.25, 0.3) is 0 Å². The second-order valence-corrected chi connectivity index (χ2v) is 9.10. The van der Waals surface area contributed by atoms with Gasteiger partial charge in [-0.05, 0) is 49.9 Å². The van der Waals surface area contributed by atoms with Gasteiger partial charge in [0.15, 0.2) is 0 Å². The molecule has 0 aromatic rings. The van der Waals surface area contributed by atoms with Crippen LogP contribution >= 0.6 is 0 Å². The standard InChI is InChI=1S/C10H21NO.C10H23N/c1-10(2,3)4-5-11-6-8-12-9-7-11;1-6-11(7-2)9-8-10(3,4)5/h4-9H2,1-3H3;6-9H2,1-5H3. The third kappa shape index (κ3) is 15.2. The Morgan fingerprint density at radius 2 is 1.30 bits per heavy atom. The Morgan fingerprint density at radius 3 is 1.70 bits per heavy atom. The molecule has 0 amide bonds. The molecule has 0 bridgehead atoms. The first-order valence-electron chi connectivity index (χ1n) is 9.60. The van der Waals surface area contributed by atoms with E-state index in [-0.39, 0.29) is 0 Å². The third-order valence-corrected chi connectivity index (χ3v) is 4.35. The van der Waals surface area contributed by atoms with Crippen molar-refractivity contribution >= 4 is 0 Å². The summed E-state index contributed by atoms with van der Waals surface area (Å²) in [5.74, 6) is 0. The summed E-state index contributed by atoms with van der Waals surface area (Å²) in [4.78, 5) is 4.97. The highest BCUT2D eigenvalue weighted by Crippen LogP contribution is 2.19. The second kappa shape index (κ2) is 11.4.